The number of rotatable bonds is 4. The van der Waals surface area contributed by atoms with E-state index in [9.17, 15) is 9.59 Å². The average molecular weight is 311 g/mol. The van der Waals surface area contributed by atoms with Gasteiger partial charge in [0.1, 0.15) is 12.1 Å². The fourth-order valence-corrected chi connectivity index (χ4v) is 2.91. The van der Waals surface area contributed by atoms with Crippen molar-refractivity contribution in [2.45, 2.75) is 24.9 Å². The predicted molar refractivity (Wildman–Crippen MR) is 82.2 cm³/mol. The van der Waals surface area contributed by atoms with E-state index in [0.717, 1.165) is 0 Å². The number of ether oxygens (including phenoxy) is 1. The highest BCUT2D eigenvalue weighted by molar-refractivity contribution is 5.88. The lowest BCUT2D eigenvalue weighted by Gasteiger charge is -2.31. The molecule has 2 aromatic rings. The third kappa shape index (κ3) is 2.92. The van der Waals surface area contributed by atoms with Gasteiger partial charge in [-0.2, -0.15) is 0 Å². The van der Waals surface area contributed by atoms with E-state index >= 15 is 0 Å². The molecule has 3 heterocycles. The molecule has 1 amide bonds. The number of hydrogen-bond donors (Lipinski definition) is 0. The van der Waals surface area contributed by atoms with Crippen LogP contribution in [0.15, 0.2) is 48.8 Å². The zero-order chi connectivity index (χ0) is 16.2. The second-order valence-corrected chi connectivity index (χ2v) is 5.29. The van der Waals surface area contributed by atoms with Gasteiger partial charge in [-0.25, -0.2) is 4.79 Å². The zero-order valence-corrected chi connectivity index (χ0v) is 12.8. The van der Waals surface area contributed by atoms with Gasteiger partial charge in [0.05, 0.1) is 18.5 Å². The number of pyridine rings is 2. The summed E-state index contributed by atoms with van der Waals surface area (Å²) in [6.07, 6.45) is 4.09. The highest BCUT2D eigenvalue weighted by atomic mass is 16.5. The molecule has 0 N–H and O–H groups in total. The molecule has 6 heteroatoms. The number of carbonyl (C=O) groups is 2. The lowest BCUT2D eigenvalue weighted by molar-refractivity contribution is -0.150. The molecule has 1 atom stereocenters. The number of amides is 1. The van der Waals surface area contributed by atoms with Gasteiger partial charge >= 0.3 is 5.97 Å². The van der Waals surface area contributed by atoms with Crippen LogP contribution in [0, 0.1) is 0 Å². The maximum atomic E-state index is 12.5. The normalized spacial score (nSPS) is 17.6. The molecule has 23 heavy (non-hydrogen) atoms. The van der Waals surface area contributed by atoms with Gasteiger partial charge in [0.25, 0.3) is 0 Å². The number of hydrogen-bond acceptors (Lipinski definition) is 5. The van der Waals surface area contributed by atoms with Crippen molar-refractivity contribution < 1.29 is 14.3 Å². The van der Waals surface area contributed by atoms with Crippen LogP contribution in [0.25, 0.3) is 0 Å². The van der Waals surface area contributed by atoms with E-state index in [-0.39, 0.29) is 5.91 Å². The third-order valence-corrected chi connectivity index (χ3v) is 3.94. The van der Waals surface area contributed by atoms with Crippen molar-refractivity contribution in [2.75, 3.05) is 7.11 Å². The van der Waals surface area contributed by atoms with Crippen LogP contribution in [-0.4, -0.2) is 39.9 Å². The summed E-state index contributed by atoms with van der Waals surface area (Å²) in [5.41, 5.74) is 1.35. The third-order valence-electron chi connectivity index (χ3n) is 3.94. The first-order valence-electron chi connectivity index (χ1n) is 7.43. The lowest BCUT2D eigenvalue weighted by Crippen LogP contribution is -2.42. The van der Waals surface area contributed by atoms with Crippen molar-refractivity contribution >= 4 is 11.9 Å². The molecule has 0 bridgehead atoms. The van der Waals surface area contributed by atoms with Crippen LogP contribution in [0.3, 0.4) is 0 Å². The van der Waals surface area contributed by atoms with Crippen molar-refractivity contribution in [3.05, 3.63) is 60.2 Å². The molecule has 0 saturated carbocycles. The first kappa shape index (κ1) is 15.1. The van der Waals surface area contributed by atoms with Crippen LogP contribution in [0.4, 0.5) is 0 Å². The Kier molecular flexibility index (Phi) is 4.32. The second-order valence-electron chi connectivity index (χ2n) is 5.29. The molecule has 1 saturated heterocycles. The largest absolute Gasteiger partial charge is 0.467 e. The molecule has 0 spiro atoms. The fourth-order valence-electron chi connectivity index (χ4n) is 2.91. The number of methoxy groups -OCH3 is 1. The molecule has 6 nitrogen and oxygen atoms in total. The molecule has 1 unspecified atom stereocenters. The number of carbonyl (C=O) groups excluding carboxylic acids is 2. The summed E-state index contributed by atoms with van der Waals surface area (Å²) < 4.78 is 4.86. The van der Waals surface area contributed by atoms with Crippen LogP contribution in [-0.2, 0) is 14.3 Å². The summed E-state index contributed by atoms with van der Waals surface area (Å²) in [6, 6.07) is 9.87. The first-order chi connectivity index (χ1) is 11.2. The Morgan fingerprint density at radius 1 is 1.17 bits per heavy atom. The summed E-state index contributed by atoms with van der Waals surface area (Å²) in [6.45, 7) is 0. The zero-order valence-electron chi connectivity index (χ0n) is 12.8. The highest BCUT2D eigenvalue weighted by Crippen LogP contribution is 2.34. The van der Waals surface area contributed by atoms with E-state index in [0.29, 0.717) is 24.2 Å². The van der Waals surface area contributed by atoms with E-state index in [2.05, 4.69) is 9.97 Å². The number of esters is 1. The topological polar surface area (TPSA) is 72.4 Å². The lowest BCUT2D eigenvalue weighted by atomic mass is 10.0. The molecule has 2 aromatic heterocycles. The van der Waals surface area contributed by atoms with Gasteiger partial charge in [-0.05, 0) is 30.7 Å². The first-order valence-corrected chi connectivity index (χ1v) is 7.43. The van der Waals surface area contributed by atoms with Gasteiger partial charge < -0.3 is 9.64 Å². The molecule has 1 aliphatic heterocycles. The van der Waals surface area contributed by atoms with Crippen molar-refractivity contribution in [3.63, 3.8) is 0 Å². The number of likely N-dealkylation sites (tertiary alicyclic amines) is 1. The van der Waals surface area contributed by atoms with E-state index in [1.807, 2.05) is 36.4 Å². The summed E-state index contributed by atoms with van der Waals surface area (Å²) in [4.78, 5) is 34.8. The highest BCUT2D eigenvalue weighted by Gasteiger charge is 2.43. The molecular weight excluding hydrogens is 294 g/mol. The van der Waals surface area contributed by atoms with E-state index < -0.39 is 18.1 Å². The number of nitrogens with zero attached hydrogens (tertiary/aromatic N) is 3. The minimum Gasteiger partial charge on any atom is -0.467 e. The minimum absolute atomic E-state index is 0.0956. The maximum Gasteiger partial charge on any atom is 0.328 e. The Balaban J connectivity index is 2.07. The van der Waals surface area contributed by atoms with Crippen LogP contribution in [0.2, 0.25) is 0 Å². The Labute approximate surface area is 134 Å². The molecule has 0 aliphatic carbocycles. The Hall–Kier alpha value is -2.76. The van der Waals surface area contributed by atoms with Crippen molar-refractivity contribution in [1.82, 2.24) is 14.9 Å². The standard InChI is InChI=1S/C17H17N3O3/c1-23-17(22)14-8-9-15(21)20(14)16(12-6-2-4-10-18-12)13-7-3-5-11-19-13/h2-7,10-11,14,16H,8-9H2,1H3. The van der Waals surface area contributed by atoms with Gasteiger partial charge in [-0.1, -0.05) is 12.1 Å². The van der Waals surface area contributed by atoms with Gasteiger partial charge in [0.15, 0.2) is 0 Å². The van der Waals surface area contributed by atoms with Crippen molar-refractivity contribution in [1.29, 1.82) is 0 Å². The van der Waals surface area contributed by atoms with Crippen LogP contribution < -0.4 is 0 Å². The minimum atomic E-state index is -0.610. The van der Waals surface area contributed by atoms with Crippen molar-refractivity contribution in [2.24, 2.45) is 0 Å². The predicted octanol–water partition coefficient (Wildman–Crippen LogP) is 1.73. The van der Waals surface area contributed by atoms with E-state index in [4.69, 9.17) is 4.74 Å². The smallest absolute Gasteiger partial charge is 0.328 e. The molecule has 0 aromatic carbocycles. The van der Waals surface area contributed by atoms with Gasteiger partial charge in [0.2, 0.25) is 5.91 Å². The number of aromatic nitrogens is 2. The van der Waals surface area contributed by atoms with E-state index in [1.165, 1.54) is 7.11 Å². The maximum absolute atomic E-state index is 12.5. The Bertz CT molecular complexity index is 651. The molecule has 3 rings (SSSR count). The SMILES string of the molecule is COC(=O)C1CCC(=O)N1C(c1ccccn1)c1ccccn1. The van der Waals surface area contributed by atoms with Gasteiger partial charge in [0, 0.05) is 18.8 Å². The summed E-state index contributed by atoms with van der Waals surface area (Å²) in [5, 5.41) is 0. The molecule has 0 radical (unpaired) electrons. The summed E-state index contributed by atoms with van der Waals surface area (Å²) >= 11 is 0. The van der Waals surface area contributed by atoms with Crippen LogP contribution in [0.1, 0.15) is 30.3 Å². The van der Waals surface area contributed by atoms with Gasteiger partial charge in [-0.3, -0.25) is 14.8 Å². The monoisotopic (exact) mass is 311 g/mol. The Morgan fingerprint density at radius 2 is 1.78 bits per heavy atom. The molecular formula is C17H17N3O3. The molecule has 118 valence electrons. The van der Waals surface area contributed by atoms with Crippen LogP contribution in [0.5, 0.6) is 0 Å². The van der Waals surface area contributed by atoms with E-state index in [1.54, 1.807) is 17.3 Å². The summed E-state index contributed by atoms with van der Waals surface area (Å²) in [7, 11) is 1.33. The second kappa shape index (κ2) is 6.56. The van der Waals surface area contributed by atoms with Gasteiger partial charge in [-0.15, -0.1) is 0 Å². The molecule has 1 fully saturated rings. The average Bonchev–Trinajstić information content (AvgIpc) is 2.98. The summed E-state index contributed by atoms with van der Waals surface area (Å²) in [5.74, 6) is -0.505. The quantitative estimate of drug-likeness (QED) is 0.804. The van der Waals surface area contributed by atoms with Crippen LogP contribution >= 0.6 is 0 Å². The fraction of sp³-hybridized carbons (Fsp3) is 0.294. The molecule has 1 aliphatic rings. The van der Waals surface area contributed by atoms with Crippen molar-refractivity contribution in [3.8, 4) is 0 Å². The Morgan fingerprint density at radius 3 is 2.26 bits per heavy atom.